The first-order chi connectivity index (χ1) is 20.3. The third-order valence-electron chi connectivity index (χ3n) is 7.32. The van der Waals surface area contributed by atoms with Crippen molar-refractivity contribution >= 4 is 23.3 Å². The van der Waals surface area contributed by atoms with Crippen molar-refractivity contribution in [2.75, 3.05) is 45.0 Å². The maximum atomic E-state index is 14.8. The van der Waals surface area contributed by atoms with Crippen LogP contribution in [0.25, 0.3) is 0 Å². The minimum absolute atomic E-state index is 0.0881. The van der Waals surface area contributed by atoms with Crippen molar-refractivity contribution in [3.05, 3.63) is 114 Å². The molecule has 3 aromatic carbocycles. The van der Waals surface area contributed by atoms with Crippen LogP contribution in [0.5, 0.6) is 5.75 Å². The molecule has 2 bridgehead atoms. The van der Waals surface area contributed by atoms with Crippen molar-refractivity contribution in [2.45, 2.75) is 24.2 Å². The van der Waals surface area contributed by atoms with Crippen molar-refractivity contribution in [3.8, 4) is 5.75 Å². The largest absolute Gasteiger partial charge is 0.489 e. The number of hydrogen-bond donors (Lipinski definition) is 2. The summed E-state index contributed by atoms with van der Waals surface area (Å²) in [6.45, 7) is 0.947. The number of fused-ring (bicyclic) bond motifs is 2. The number of benzene rings is 3. The molecule has 0 aliphatic carbocycles. The highest BCUT2D eigenvalue weighted by Crippen LogP contribution is 2.47. The van der Waals surface area contributed by atoms with Gasteiger partial charge in [-0.05, 0) is 56.4 Å². The van der Waals surface area contributed by atoms with Crippen LogP contribution in [0.3, 0.4) is 0 Å². The van der Waals surface area contributed by atoms with E-state index in [1.54, 1.807) is 12.1 Å². The van der Waals surface area contributed by atoms with E-state index in [4.69, 9.17) is 14.2 Å². The van der Waals surface area contributed by atoms with E-state index in [-0.39, 0.29) is 22.6 Å². The molecule has 0 radical (unpaired) electrons. The average Bonchev–Trinajstić information content (AvgIpc) is 3.57. The van der Waals surface area contributed by atoms with Gasteiger partial charge < -0.3 is 29.7 Å². The van der Waals surface area contributed by atoms with Gasteiger partial charge in [-0.3, -0.25) is 4.79 Å². The smallest absolute Gasteiger partial charge is 0.337 e. The van der Waals surface area contributed by atoms with Crippen LogP contribution >= 0.6 is 0 Å². The highest BCUT2D eigenvalue weighted by atomic mass is 19.1. The summed E-state index contributed by atoms with van der Waals surface area (Å²) in [5, 5.41) is 6.26. The number of amides is 1. The second-order valence-electron chi connectivity index (χ2n) is 10.5. The molecule has 0 spiro atoms. The summed E-state index contributed by atoms with van der Waals surface area (Å²) in [5.74, 6) is -1.77. The molecule has 8 nitrogen and oxygen atoms in total. The van der Waals surface area contributed by atoms with E-state index >= 15 is 0 Å². The molecule has 3 aromatic rings. The van der Waals surface area contributed by atoms with Crippen LogP contribution in [0.1, 0.15) is 5.56 Å². The number of carbonyl (C=O) groups is 2. The van der Waals surface area contributed by atoms with Gasteiger partial charge in [-0.25, -0.2) is 9.18 Å². The number of halogens is 1. The van der Waals surface area contributed by atoms with Gasteiger partial charge in [-0.2, -0.15) is 0 Å². The van der Waals surface area contributed by atoms with Crippen LogP contribution in [0.4, 0.5) is 15.8 Å². The number of likely N-dealkylation sites (N-methyl/N-ethyl adjacent to an activating group) is 1. The molecule has 218 valence electrons. The van der Waals surface area contributed by atoms with E-state index in [1.165, 1.54) is 19.2 Å². The van der Waals surface area contributed by atoms with E-state index in [1.807, 2.05) is 85.7 Å². The SMILES string of the molecule is COC(=O)C1=C(C(=O)Nc2ccc(OCCN(C)C)c(F)c2)C2C=CC1(C(Cc1ccccc1)Nc1ccccc1)O2. The molecule has 0 saturated carbocycles. The Kier molecular flexibility index (Phi) is 8.70. The monoisotopic (exact) mass is 571 g/mol. The number of nitrogens with zero attached hydrogens (tertiary/aromatic N) is 1. The highest BCUT2D eigenvalue weighted by molar-refractivity contribution is 6.12. The van der Waals surface area contributed by atoms with Crippen LogP contribution in [0.2, 0.25) is 0 Å². The zero-order chi connectivity index (χ0) is 29.7. The zero-order valence-corrected chi connectivity index (χ0v) is 23.8. The number of anilines is 2. The molecule has 2 aliphatic heterocycles. The van der Waals surface area contributed by atoms with Gasteiger partial charge >= 0.3 is 5.97 Å². The molecule has 0 aromatic heterocycles. The van der Waals surface area contributed by atoms with Crippen molar-refractivity contribution in [1.82, 2.24) is 4.90 Å². The fourth-order valence-corrected chi connectivity index (χ4v) is 5.28. The number of para-hydroxylation sites is 1. The van der Waals surface area contributed by atoms with E-state index in [0.29, 0.717) is 19.6 Å². The topological polar surface area (TPSA) is 89.1 Å². The second-order valence-corrected chi connectivity index (χ2v) is 10.5. The van der Waals surface area contributed by atoms with Gasteiger partial charge in [0.2, 0.25) is 0 Å². The Bertz CT molecular complexity index is 1450. The van der Waals surface area contributed by atoms with Gasteiger partial charge in [0.1, 0.15) is 18.3 Å². The Morgan fingerprint density at radius 2 is 1.74 bits per heavy atom. The molecule has 3 unspecified atom stereocenters. The molecule has 1 amide bonds. The predicted octanol–water partition coefficient (Wildman–Crippen LogP) is 4.61. The molecule has 3 atom stereocenters. The van der Waals surface area contributed by atoms with Gasteiger partial charge in [0, 0.05) is 24.0 Å². The van der Waals surface area contributed by atoms with Gasteiger partial charge in [-0.15, -0.1) is 0 Å². The Balaban J connectivity index is 1.46. The van der Waals surface area contributed by atoms with Crippen LogP contribution in [-0.2, 0) is 25.5 Å². The summed E-state index contributed by atoms with van der Waals surface area (Å²) in [7, 11) is 5.07. The zero-order valence-electron chi connectivity index (χ0n) is 23.8. The molecule has 5 rings (SSSR count). The second kappa shape index (κ2) is 12.6. The van der Waals surface area contributed by atoms with Gasteiger partial charge in [-0.1, -0.05) is 54.6 Å². The summed E-state index contributed by atoms with van der Waals surface area (Å²) in [5.41, 5.74) is 1.03. The molecule has 0 fully saturated rings. The molecule has 9 heteroatoms. The van der Waals surface area contributed by atoms with Gasteiger partial charge in [0.15, 0.2) is 11.6 Å². The molecule has 2 N–H and O–H groups in total. The van der Waals surface area contributed by atoms with E-state index in [0.717, 1.165) is 11.3 Å². The quantitative estimate of drug-likeness (QED) is 0.243. The van der Waals surface area contributed by atoms with E-state index in [9.17, 15) is 14.0 Å². The number of rotatable bonds is 12. The lowest BCUT2D eigenvalue weighted by Crippen LogP contribution is -2.49. The van der Waals surface area contributed by atoms with Gasteiger partial charge in [0.05, 0.1) is 24.3 Å². The maximum absolute atomic E-state index is 14.8. The molecule has 2 aliphatic rings. The van der Waals surface area contributed by atoms with E-state index in [2.05, 4.69) is 10.6 Å². The fourth-order valence-electron chi connectivity index (χ4n) is 5.28. The van der Waals surface area contributed by atoms with Crippen molar-refractivity contribution < 1.29 is 28.2 Å². The summed E-state index contributed by atoms with van der Waals surface area (Å²) in [4.78, 5) is 29.0. The first-order valence-corrected chi connectivity index (χ1v) is 13.7. The highest BCUT2D eigenvalue weighted by Gasteiger charge is 2.58. The van der Waals surface area contributed by atoms with Crippen LogP contribution in [0, 0.1) is 5.82 Å². The average molecular weight is 572 g/mol. The van der Waals surface area contributed by atoms with Crippen molar-refractivity contribution in [2.24, 2.45) is 0 Å². The summed E-state index contributed by atoms with van der Waals surface area (Å²) < 4.78 is 31.9. The molecule has 2 heterocycles. The fraction of sp³-hybridized carbons (Fsp3) is 0.273. The maximum Gasteiger partial charge on any atom is 0.337 e. The predicted molar refractivity (Wildman–Crippen MR) is 159 cm³/mol. The third-order valence-corrected chi connectivity index (χ3v) is 7.32. The first-order valence-electron chi connectivity index (χ1n) is 13.7. The Hall–Kier alpha value is -4.47. The molecular formula is C33H34FN3O5. The molecule has 42 heavy (non-hydrogen) atoms. The number of carbonyl (C=O) groups excluding carboxylic acids is 2. The van der Waals surface area contributed by atoms with Crippen LogP contribution in [-0.4, -0.2) is 68.9 Å². The minimum atomic E-state index is -1.29. The van der Waals surface area contributed by atoms with E-state index < -0.39 is 35.4 Å². The number of hydrogen-bond acceptors (Lipinski definition) is 7. The number of ether oxygens (including phenoxy) is 3. The lowest BCUT2D eigenvalue weighted by molar-refractivity contribution is -0.138. The Morgan fingerprint density at radius 1 is 1.02 bits per heavy atom. The van der Waals surface area contributed by atoms with Crippen LogP contribution < -0.4 is 15.4 Å². The Labute approximate surface area is 244 Å². The lowest BCUT2D eigenvalue weighted by atomic mass is 9.78. The summed E-state index contributed by atoms with van der Waals surface area (Å²) in [6.07, 6.45) is 3.30. The normalized spacial score (nSPS) is 19.6. The lowest BCUT2D eigenvalue weighted by Gasteiger charge is -2.36. The number of nitrogens with one attached hydrogen (secondary N) is 2. The molecular weight excluding hydrogens is 537 g/mol. The Morgan fingerprint density at radius 3 is 2.40 bits per heavy atom. The third kappa shape index (κ3) is 6.07. The van der Waals surface area contributed by atoms with Crippen molar-refractivity contribution in [1.29, 1.82) is 0 Å². The van der Waals surface area contributed by atoms with Crippen molar-refractivity contribution in [3.63, 3.8) is 0 Å². The first kappa shape index (κ1) is 29.0. The number of methoxy groups -OCH3 is 1. The molecule has 0 saturated heterocycles. The van der Waals surface area contributed by atoms with Gasteiger partial charge in [0.25, 0.3) is 5.91 Å². The summed E-state index contributed by atoms with van der Waals surface area (Å²) >= 11 is 0. The minimum Gasteiger partial charge on any atom is -0.489 e. The number of esters is 1. The standard InChI is InChI=1S/C33H34FN3O5/c1-37(2)18-19-41-26-15-14-24(21-25(26)34)36-31(38)29-27-16-17-33(42-27,30(29)32(39)40-3)28(20-22-10-6-4-7-11-22)35-23-12-8-5-9-13-23/h4-17,21,27-28,35H,18-20H2,1-3H3,(H,36,38). The summed E-state index contributed by atoms with van der Waals surface area (Å²) in [6, 6.07) is 23.2. The van der Waals surface area contributed by atoms with Crippen LogP contribution in [0.15, 0.2) is 102 Å².